The van der Waals surface area contributed by atoms with Crippen molar-refractivity contribution in [3.05, 3.63) is 35.9 Å². The average molecular weight is 190 g/mol. The Morgan fingerprint density at radius 2 is 2.14 bits per heavy atom. The zero-order valence-electron chi connectivity index (χ0n) is 9.15. The van der Waals surface area contributed by atoms with Crippen molar-refractivity contribution in [2.75, 3.05) is 12.5 Å². The Balaban J connectivity index is 3.20. The number of hydrazine groups is 1. The summed E-state index contributed by atoms with van der Waals surface area (Å²) >= 11 is 0. The van der Waals surface area contributed by atoms with Crippen LogP contribution in [0.5, 0.6) is 0 Å². The van der Waals surface area contributed by atoms with E-state index in [1.165, 1.54) is 11.1 Å². The fraction of sp³-hybridized carbons (Fsp3) is 0.333. The van der Waals surface area contributed by atoms with Gasteiger partial charge in [-0.15, -0.1) is 0 Å². The van der Waals surface area contributed by atoms with E-state index in [0.29, 0.717) is 0 Å². The molecule has 0 fully saturated rings. The molecule has 76 valence electrons. The maximum atomic E-state index is 3.98. The van der Waals surface area contributed by atoms with Crippen LogP contribution < -0.4 is 10.9 Å². The lowest BCUT2D eigenvalue weighted by Crippen LogP contribution is -2.17. The first-order valence-electron chi connectivity index (χ1n) is 4.91. The summed E-state index contributed by atoms with van der Waals surface area (Å²) < 4.78 is 0. The number of para-hydroxylation sites is 1. The summed E-state index contributed by atoms with van der Waals surface area (Å²) in [5.41, 5.74) is 10.8. The van der Waals surface area contributed by atoms with E-state index in [4.69, 9.17) is 0 Å². The van der Waals surface area contributed by atoms with E-state index in [1.807, 2.05) is 14.0 Å². The number of allylic oxidation sites excluding steroid dienone is 1. The van der Waals surface area contributed by atoms with Crippen molar-refractivity contribution in [3.8, 4) is 0 Å². The van der Waals surface area contributed by atoms with Gasteiger partial charge in [0.25, 0.3) is 0 Å². The van der Waals surface area contributed by atoms with Gasteiger partial charge in [-0.3, -0.25) is 0 Å². The highest BCUT2D eigenvalue weighted by Crippen LogP contribution is 2.26. The van der Waals surface area contributed by atoms with Gasteiger partial charge in [0.15, 0.2) is 0 Å². The molecule has 0 bridgehead atoms. The second kappa shape index (κ2) is 4.82. The van der Waals surface area contributed by atoms with E-state index >= 15 is 0 Å². The molecule has 0 aromatic heterocycles. The fourth-order valence-corrected chi connectivity index (χ4v) is 1.52. The SMILES string of the molecule is C=C(C)c1cccc(CC)c1NNC. The molecule has 0 spiro atoms. The van der Waals surface area contributed by atoms with Crippen molar-refractivity contribution in [2.24, 2.45) is 0 Å². The van der Waals surface area contributed by atoms with Gasteiger partial charge >= 0.3 is 0 Å². The lowest BCUT2D eigenvalue weighted by atomic mass is 10.0. The number of benzene rings is 1. The maximum Gasteiger partial charge on any atom is 0.0594 e. The van der Waals surface area contributed by atoms with Gasteiger partial charge in [-0.2, -0.15) is 0 Å². The Morgan fingerprint density at radius 3 is 2.64 bits per heavy atom. The van der Waals surface area contributed by atoms with Crippen LogP contribution in [0.1, 0.15) is 25.0 Å². The summed E-state index contributed by atoms with van der Waals surface area (Å²) in [6.07, 6.45) is 1.02. The van der Waals surface area contributed by atoms with Crippen LogP contribution in [0, 0.1) is 0 Å². The van der Waals surface area contributed by atoms with Crippen LogP contribution in [0.25, 0.3) is 5.57 Å². The maximum absolute atomic E-state index is 3.98. The van der Waals surface area contributed by atoms with Crippen molar-refractivity contribution in [1.29, 1.82) is 0 Å². The largest absolute Gasteiger partial charge is 0.321 e. The highest BCUT2D eigenvalue weighted by Gasteiger charge is 2.06. The summed E-state index contributed by atoms with van der Waals surface area (Å²) in [6, 6.07) is 6.29. The summed E-state index contributed by atoms with van der Waals surface area (Å²) in [5, 5.41) is 0. The van der Waals surface area contributed by atoms with Crippen molar-refractivity contribution in [2.45, 2.75) is 20.3 Å². The van der Waals surface area contributed by atoms with Gasteiger partial charge in [-0.25, -0.2) is 5.43 Å². The summed E-state index contributed by atoms with van der Waals surface area (Å²) in [7, 11) is 1.87. The molecule has 2 heteroatoms. The van der Waals surface area contributed by atoms with Gasteiger partial charge in [0.2, 0.25) is 0 Å². The second-order valence-corrected chi connectivity index (χ2v) is 3.35. The number of nitrogens with one attached hydrogen (secondary N) is 2. The Bertz CT molecular complexity index is 329. The van der Waals surface area contributed by atoms with Gasteiger partial charge in [0.1, 0.15) is 0 Å². The highest BCUT2D eigenvalue weighted by molar-refractivity contribution is 5.76. The van der Waals surface area contributed by atoms with E-state index in [2.05, 4.69) is 42.6 Å². The third-order valence-corrected chi connectivity index (χ3v) is 2.24. The van der Waals surface area contributed by atoms with Gasteiger partial charge in [-0.1, -0.05) is 31.7 Å². The molecule has 0 aliphatic rings. The first-order valence-corrected chi connectivity index (χ1v) is 4.91. The molecular weight excluding hydrogens is 172 g/mol. The van der Waals surface area contributed by atoms with E-state index in [0.717, 1.165) is 17.7 Å². The van der Waals surface area contributed by atoms with Crippen LogP contribution >= 0.6 is 0 Å². The third-order valence-electron chi connectivity index (χ3n) is 2.24. The molecule has 14 heavy (non-hydrogen) atoms. The monoisotopic (exact) mass is 190 g/mol. The molecular formula is C12H18N2. The van der Waals surface area contributed by atoms with Crippen LogP contribution in [0.15, 0.2) is 24.8 Å². The molecule has 1 rings (SSSR count). The Labute approximate surface area is 86.0 Å². The van der Waals surface area contributed by atoms with Crippen molar-refractivity contribution < 1.29 is 0 Å². The first kappa shape index (κ1) is 10.8. The number of hydrogen-bond donors (Lipinski definition) is 2. The normalized spacial score (nSPS) is 9.93. The van der Waals surface area contributed by atoms with Crippen LogP contribution in [-0.4, -0.2) is 7.05 Å². The molecule has 0 amide bonds. The van der Waals surface area contributed by atoms with Crippen LogP contribution in [-0.2, 0) is 6.42 Å². The molecule has 0 heterocycles. The number of rotatable bonds is 4. The second-order valence-electron chi connectivity index (χ2n) is 3.35. The number of hydrogen-bond acceptors (Lipinski definition) is 2. The van der Waals surface area contributed by atoms with E-state index in [-0.39, 0.29) is 0 Å². The molecule has 0 saturated heterocycles. The summed E-state index contributed by atoms with van der Waals surface area (Å²) in [4.78, 5) is 0. The Morgan fingerprint density at radius 1 is 1.43 bits per heavy atom. The molecule has 0 unspecified atom stereocenters. The molecule has 2 nitrogen and oxygen atoms in total. The van der Waals surface area contributed by atoms with Gasteiger partial charge < -0.3 is 5.43 Å². The van der Waals surface area contributed by atoms with Crippen molar-refractivity contribution >= 4 is 11.3 Å². The van der Waals surface area contributed by atoms with Gasteiger partial charge in [0, 0.05) is 12.6 Å². The first-order chi connectivity index (χ1) is 6.70. The zero-order chi connectivity index (χ0) is 10.6. The lowest BCUT2D eigenvalue weighted by molar-refractivity contribution is 0.969. The summed E-state index contributed by atoms with van der Waals surface area (Å²) in [6.45, 7) is 8.15. The van der Waals surface area contributed by atoms with Crippen LogP contribution in [0.4, 0.5) is 5.69 Å². The molecule has 0 saturated carbocycles. The predicted octanol–water partition coefficient (Wildman–Crippen LogP) is 2.83. The van der Waals surface area contributed by atoms with Crippen molar-refractivity contribution in [3.63, 3.8) is 0 Å². The molecule has 0 aliphatic carbocycles. The van der Waals surface area contributed by atoms with E-state index in [1.54, 1.807) is 0 Å². The highest BCUT2D eigenvalue weighted by atomic mass is 15.3. The molecule has 1 aromatic carbocycles. The van der Waals surface area contributed by atoms with Crippen molar-refractivity contribution in [1.82, 2.24) is 5.43 Å². The Kier molecular flexibility index (Phi) is 3.72. The van der Waals surface area contributed by atoms with E-state index in [9.17, 15) is 0 Å². The minimum atomic E-state index is 1.02. The van der Waals surface area contributed by atoms with Crippen LogP contribution in [0.2, 0.25) is 0 Å². The van der Waals surface area contributed by atoms with Gasteiger partial charge in [-0.05, 0) is 24.5 Å². The fourth-order valence-electron chi connectivity index (χ4n) is 1.52. The summed E-state index contributed by atoms with van der Waals surface area (Å²) in [5.74, 6) is 0. The molecule has 2 N–H and O–H groups in total. The van der Waals surface area contributed by atoms with E-state index < -0.39 is 0 Å². The van der Waals surface area contributed by atoms with Crippen LogP contribution in [0.3, 0.4) is 0 Å². The Hall–Kier alpha value is -1.28. The number of anilines is 1. The van der Waals surface area contributed by atoms with Gasteiger partial charge in [0.05, 0.1) is 5.69 Å². The topological polar surface area (TPSA) is 24.1 Å². The minimum absolute atomic E-state index is 1.02. The molecule has 1 aromatic rings. The third kappa shape index (κ3) is 2.15. The zero-order valence-corrected chi connectivity index (χ0v) is 9.15. The standard InChI is InChI=1S/C12H18N2/c1-5-10-7-6-8-11(9(2)3)12(10)14-13-4/h6-8,13-14H,2,5H2,1,3-4H3. The molecule has 0 aliphatic heterocycles. The number of aryl methyl sites for hydroxylation is 1. The lowest BCUT2D eigenvalue weighted by Gasteiger charge is -2.15. The minimum Gasteiger partial charge on any atom is -0.321 e. The smallest absolute Gasteiger partial charge is 0.0594 e. The average Bonchev–Trinajstić information content (AvgIpc) is 2.18. The molecule has 0 radical (unpaired) electrons. The quantitative estimate of drug-likeness (QED) is 0.713. The molecule has 0 atom stereocenters. The predicted molar refractivity (Wildman–Crippen MR) is 63.2 cm³/mol.